The highest BCUT2D eigenvalue weighted by molar-refractivity contribution is 7.22. The van der Waals surface area contributed by atoms with E-state index in [1.807, 2.05) is 12.1 Å². The number of thiazole rings is 1. The zero-order valence-electron chi connectivity index (χ0n) is 17.3. The van der Waals surface area contributed by atoms with Crippen LogP contribution in [0.1, 0.15) is 33.2 Å². The Morgan fingerprint density at radius 3 is 2.50 bits per heavy atom. The van der Waals surface area contributed by atoms with Crippen LogP contribution in [-0.2, 0) is 4.74 Å². The monoisotopic (exact) mass is 423 g/mol. The maximum absolute atomic E-state index is 13.4. The van der Waals surface area contributed by atoms with Crippen LogP contribution in [-0.4, -0.2) is 61.0 Å². The molecule has 30 heavy (non-hydrogen) atoms. The Kier molecular flexibility index (Phi) is 6.22. The summed E-state index contributed by atoms with van der Waals surface area (Å²) >= 11 is 1.53. The maximum Gasteiger partial charge on any atom is 0.260 e. The van der Waals surface area contributed by atoms with Gasteiger partial charge < -0.3 is 4.74 Å². The van der Waals surface area contributed by atoms with E-state index >= 15 is 0 Å². The molecule has 4 rings (SSSR count). The lowest BCUT2D eigenvalue weighted by Gasteiger charge is -2.29. The number of carbonyl (C=O) groups excluding carboxylic acids is 2. The molecule has 2 heterocycles. The molecule has 1 aromatic heterocycles. The number of aryl methyl sites for hydroxylation is 1. The first-order valence-corrected chi connectivity index (χ1v) is 10.9. The van der Waals surface area contributed by atoms with Gasteiger partial charge >= 0.3 is 0 Å². The molecule has 2 aromatic carbocycles. The quantitative estimate of drug-likeness (QED) is 0.565. The number of nitrogens with zero attached hydrogens (tertiary/aromatic N) is 3. The van der Waals surface area contributed by atoms with Gasteiger partial charge in [0.25, 0.3) is 5.91 Å². The summed E-state index contributed by atoms with van der Waals surface area (Å²) in [4.78, 5) is 33.8. The fourth-order valence-corrected chi connectivity index (χ4v) is 4.58. The SMILES string of the molecule is CC(=O)c1ccc(C(=O)N(CCN2CCOCC2)c2nc3ccc(C)cc3s2)cc1. The van der Waals surface area contributed by atoms with Crippen LogP contribution in [0.25, 0.3) is 10.2 Å². The second kappa shape index (κ2) is 9.04. The number of anilines is 1. The Balaban J connectivity index is 1.62. The number of rotatable bonds is 6. The molecule has 0 aliphatic carbocycles. The van der Waals surface area contributed by atoms with E-state index in [4.69, 9.17) is 9.72 Å². The molecule has 0 saturated carbocycles. The smallest absolute Gasteiger partial charge is 0.260 e. The zero-order valence-corrected chi connectivity index (χ0v) is 18.1. The fourth-order valence-electron chi connectivity index (χ4n) is 3.49. The van der Waals surface area contributed by atoms with E-state index in [2.05, 4.69) is 17.9 Å². The largest absolute Gasteiger partial charge is 0.379 e. The summed E-state index contributed by atoms with van der Waals surface area (Å²) in [5, 5.41) is 0.699. The summed E-state index contributed by atoms with van der Waals surface area (Å²) in [5.74, 6) is -0.117. The summed E-state index contributed by atoms with van der Waals surface area (Å²) in [7, 11) is 0. The summed E-state index contributed by atoms with van der Waals surface area (Å²) in [6.45, 7) is 8.07. The van der Waals surface area contributed by atoms with Crippen molar-refractivity contribution in [3.05, 3.63) is 59.2 Å². The van der Waals surface area contributed by atoms with Gasteiger partial charge in [-0.15, -0.1) is 0 Å². The molecule has 0 radical (unpaired) electrons. The maximum atomic E-state index is 13.4. The molecule has 1 amide bonds. The van der Waals surface area contributed by atoms with Crippen LogP contribution in [0.4, 0.5) is 5.13 Å². The number of hydrogen-bond donors (Lipinski definition) is 0. The number of hydrogen-bond acceptors (Lipinski definition) is 6. The highest BCUT2D eigenvalue weighted by atomic mass is 32.1. The molecule has 6 nitrogen and oxygen atoms in total. The number of Topliss-reactive ketones (excluding diaryl/α,β-unsaturated/α-hetero) is 1. The van der Waals surface area contributed by atoms with E-state index in [1.165, 1.54) is 23.8 Å². The van der Waals surface area contributed by atoms with Crippen LogP contribution in [0.15, 0.2) is 42.5 Å². The molecule has 0 atom stereocenters. The molecule has 0 spiro atoms. The zero-order chi connectivity index (χ0) is 21.1. The molecule has 156 valence electrons. The average molecular weight is 424 g/mol. The van der Waals surface area contributed by atoms with Crippen LogP contribution >= 0.6 is 11.3 Å². The van der Waals surface area contributed by atoms with E-state index in [-0.39, 0.29) is 11.7 Å². The van der Waals surface area contributed by atoms with E-state index in [0.717, 1.165) is 43.1 Å². The van der Waals surface area contributed by atoms with Crippen LogP contribution < -0.4 is 4.90 Å². The fraction of sp³-hybridized carbons (Fsp3) is 0.348. The van der Waals surface area contributed by atoms with Gasteiger partial charge in [-0.3, -0.25) is 19.4 Å². The van der Waals surface area contributed by atoms with E-state index in [0.29, 0.717) is 22.8 Å². The van der Waals surface area contributed by atoms with Crippen molar-refractivity contribution in [1.82, 2.24) is 9.88 Å². The van der Waals surface area contributed by atoms with Gasteiger partial charge in [-0.1, -0.05) is 29.5 Å². The standard InChI is InChI=1S/C23H25N3O3S/c1-16-3-8-20-21(15-16)30-23(24-20)26(10-9-25-11-13-29-14-12-25)22(28)19-6-4-18(5-7-19)17(2)27/h3-8,15H,9-14H2,1-2H3. The number of ether oxygens (including phenoxy) is 1. The summed E-state index contributed by atoms with van der Waals surface area (Å²) < 4.78 is 6.50. The highest BCUT2D eigenvalue weighted by Crippen LogP contribution is 2.30. The normalized spacial score (nSPS) is 14.7. The Bertz CT molecular complexity index is 1060. The topological polar surface area (TPSA) is 62.7 Å². The number of fused-ring (bicyclic) bond motifs is 1. The van der Waals surface area contributed by atoms with Crippen molar-refractivity contribution in [2.24, 2.45) is 0 Å². The number of carbonyl (C=O) groups is 2. The summed E-state index contributed by atoms with van der Waals surface area (Å²) in [6, 6.07) is 13.0. The molecule has 1 saturated heterocycles. The van der Waals surface area contributed by atoms with Crippen LogP contribution in [0.3, 0.4) is 0 Å². The number of aromatic nitrogens is 1. The van der Waals surface area contributed by atoms with Crippen LogP contribution in [0, 0.1) is 6.92 Å². The lowest BCUT2D eigenvalue weighted by atomic mass is 10.1. The molecule has 3 aromatic rings. The van der Waals surface area contributed by atoms with Crippen molar-refractivity contribution >= 4 is 38.4 Å². The van der Waals surface area contributed by atoms with Crippen molar-refractivity contribution in [1.29, 1.82) is 0 Å². The highest BCUT2D eigenvalue weighted by Gasteiger charge is 2.23. The van der Waals surface area contributed by atoms with Crippen molar-refractivity contribution in [3.8, 4) is 0 Å². The van der Waals surface area contributed by atoms with E-state index in [9.17, 15) is 9.59 Å². The minimum atomic E-state index is -0.103. The van der Waals surface area contributed by atoms with Crippen molar-refractivity contribution in [2.75, 3.05) is 44.3 Å². The summed E-state index contributed by atoms with van der Waals surface area (Å²) in [6.07, 6.45) is 0. The van der Waals surface area contributed by atoms with Gasteiger partial charge in [-0.05, 0) is 43.7 Å². The van der Waals surface area contributed by atoms with Crippen molar-refractivity contribution in [3.63, 3.8) is 0 Å². The van der Waals surface area contributed by atoms with Gasteiger partial charge in [0.15, 0.2) is 10.9 Å². The third-order valence-electron chi connectivity index (χ3n) is 5.29. The average Bonchev–Trinajstić information content (AvgIpc) is 3.17. The minimum Gasteiger partial charge on any atom is -0.379 e. The van der Waals surface area contributed by atoms with Crippen molar-refractivity contribution in [2.45, 2.75) is 13.8 Å². The van der Waals surface area contributed by atoms with E-state index < -0.39 is 0 Å². The first-order valence-electron chi connectivity index (χ1n) is 10.1. The molecule has 0 unspecified atom stereocenters. The van der Waals surface area contributed by atoms with Gasteiger partial charge in [-0.2, -0.15) is 0 Å². The lowest BCUT2D eigenvalue weighted by molar-refractivity contribution is 0.0391. The molecule has 7 heteroatoms. The summed E-state index contributed by atoms with van der Waals surface area (Å²) in [5.41, 5.74) is 3.22. The number of amides is 1. The molecule has 1 fully saturated rings. The molecule has 0 N–H and O–H groups in total. The molecule has 0 bridgehead atoms. The molecule has 1 aliphatic heterocycles. The Morgan fingerprint density at radius 1 is 1.10 bits per heavy atom. The second-order valence-electron chi connectivity index (χ2n) is 7.51. The Labute approximate surface area is 180 Å². The predicted octanol–water partition coefficient (Wildman–Crippen LogP) is 3.79. The molecular weight excluding hydrogens is 398 g/mol. The predicted molar refractivity (Wildman–Crippen MR) is 120 cm³/mol. The van der Waals surface area contributed by atoms with Gasteiger partial charge in [-0.25, -0.2) is 4.98 Å². The molecule has 1 aliphatic rings. The number of ketones is 1. The number of benzene rings is 2. The van der Waals surface area contributed by atoms with Gasteiger partial charge in [0.2, 0.25) is 0 Å². The number of morpholine rings is 1. The Hall–Kier alpha value is -2.61. The second-order valence-corrected chi connectivity index (χ2v) is 8.52. The van der Waals surface area contributed by atoms with Gasteiger partial charge in [0.1, 0.15) is 0 Å². The first kappa shape index (κ1) is 20.7. The lowest BCUT2D eigenvalue weighted by Crippen LogP contribution is -2.43. The molecular formula is C23H25N3O3S. The Morgan fingerprint density at radius 2 is 1.80 bits per heavy atom. The third kappa shape index (κ3) is 4.59. The van der Waals surface area contributed by atoms with Gasteiger partial charge in [0, 0.05) is 37.3 Å². The van der Waals surface area contributed by atoms with Crippen molar-refractivity contribution < 1.29 is 14.3 Å². The first-order chi connectivity index (χ1) is 14.5. The van der Waals surface area contributed by atoms with Crippen LogP contribution in [0.2, 0.25) is 0 Å². The van der Waals surface area contributed by atoms with Crippen LogP contribution in [0.5, 0.6) is 0 Å². The van der Waals surface area contributed by atoms with E-state index in [1.54, 1.807) is 29.2 Å². The van der Waals surface area contributed by atoms with Gasteiger partial charge in [0.05, 0.1) is 23.4 Å². The third-order valence-corrected chi connectivity index (χ3v) is 6.33. The minimum absolute atomic E-state index is 0.0142.